The molecule has 1 atom stereocenters. The van der Waals surface area contributed by atoms with Gasteiger partial charge in [0.05, 0.1) is 5.92 Å². The van der Waals surface area contributed by atoms with E-state index < -0.39 is 5.97 Å². The normalized spacial score (nSPS) is 13.2. The predicted molar refractivity (Wildman–Crippen MR) is 71.1 cm³/mol. The lowest BCUT2D eigenvalue weighted by Gasteiger charge is -2.28. The van der Waals surface area contributed by atoms with Crippen molar-refractivity contribution >= 4 is 11.9 Å². The summed E-state index contributed by atoms with van der Waals surface area (Å²) in [4.78, 5) is 24.1. The smallest absolute Gasteiger partial charge is 0.303 e. The van der Waals surface area contributed by atoms with Crippen molar-refractivity contribution in [2.75, 3.05) is 20.1 Å². The second-order valence-corrected chi connectivity index (χ2v) is 5.95. The summed E-state index contributed by atoms with van der Waals surface area (Å²) in [6, 6.07) is 0. The molecule has 0 bridgehead atoms. The Labute approximate surface area is 109 Å². The van der Waals surface area contributed by atoms with Crippen LogP contribution in [0.4, 0.5) is 0 Å². The lowest BCUT2D eigenvalue weighted by molar-refractivity contribution is -0.138. The molecule has 0 aliphatic heterocycles. The minimum Gasteiger partial charge on any atom is -0.481 e. The van der Waals surface area contributed by atoms with Gasteiger partial charge >= 0.3 is 5.97 Å². The molecule has 0 aliphatic carbocycles. The zero-order chi connectivity index (χ0) is 14.3. The number of carbonyl (C=O) groups is 2. The Hall–Kier alpha value is -1.10. The lowest BCUT2D eigenvalue weighted by atomic mass is 9.84. The number of amides is 1. The monoisotopic (exact) mass is 258 g/mol. The van der Waals surface area contributed by atoms with Crippen LogP contribution in [-0.4, -0.2) is 42.0 Å². The summed E-state index contributed by atoms with van der Waals surface area (Å²) in [5.41, 5.74) is 5.71. The number of rotatable bonds is 7. The molecule has 0 aromatic heterocycles. The van der Waals surface area contributed by atoms with Gasteiger partial charge in [-0.2, -0.15) is 0 Å². The molecule has 0 aliphatic rings. The fourth-order valence-electron chi connectivity index (χ4n) is 1.90. The molecule has 0 heterocycles. The first-order chi connectivity index (χ1) is 8.17. The van der Waals surface area contributed by atoms with Gasteiger partial charge in [-0.05, 0) is 18.3 Å². The van der Waals surface area contributed by atoms with Crippen LogP contribution in [0.25, 0.3) is 0 Å². The van der Waals surface area contributed by atoms with Gasteiger partial charge in [-0.15, -0.1) is 0 Å². The molecule has 1 amide bonds. The van der Waals surface area contributed by atoms with Crippen molar-refractivity contribution in [3.63, 3.8) is 0 Å². The molecule has 5 heteroatoms. The van der Waals surface area contributed by atoms with Crippen LogP contribution in [0.1, 0.15) is 40.0 Å². The van der Waals surface area contributed by atoms with Gasteiger partial charge in [-0.25, -0.2) is 0 Å². The van der Waals surface area contributed by atoms with Crippen molar-refractivity contribution in [2.24, 2.45) is 17.1 Å². The van der Waals surface area contributed by atoms with Gasteiger partial charge in [0.1, 0.15) is 0 Å². The molecule has 18 heavy (non-hydrogen) atoms. The number of aliphatic carboxylic acids is 1. The van der Waals surface area contributed by atoms with Crippen molar-refractivity contribution in [2.45, 2.75) is 40.0 Å². The molecule has 1 unspecified atom stereocenters. The third kappa shape index (κ3) is 7.27. The summed E-state index contributed by atoms with van der Waals surface area (Å²) >= 11 is 0. The van der Waals surface area contributed by atoms with Crippen LogP contribution in [0, 0.1) is 11.3 Å². The quantitative estimate of drug-likeness (QED) is 0.721. The minimum absolute atomic E-state index is 0.0119. The van der Waals surface area contributed by atoms with E-state index in [1.807, 2.05) is 0 Å². The largest absolute Gasteiger partial charge is 0.481 e. The van der Waals surface area contributed by atoms with Crippen molar-refractivity contribution in [3.05, 3.63) is 0 Å². The highest BCUT2D eigenvalue weighted by Gasteiger charge is 2.25. The molecule has 0 spiro atoms. The molecule has 0 rings (SSSR count). The molecule has 3 N–H and O–H groups in total. The summed E-state index contributed by atoms with van der Waals surface area (Å²) in [7, 11) is 1.70. The fourth-order valence-corrected chi connectivity index (χ4v) is 1.90. The number of nitrogens with two attached hydrogens (primary N) is 1. The summed E-state index contributed by atoms with van der Waals surface area (Å²) < 4.78 is 0. The van der Waals surface area contributed by atoms with E-state index in [0.29, 0.717) is 19.5 Å². The first-order valence-electron chi connectivity index (χ1n) is 6.34. The standard InChI is InChI=1S/C13H26N2O3/c1-13(2,3)8-10(9-14)12(18)15(4)7-5-6-11(16)17/h10H,5-9,14H2,1-4H3,(H,16,17). The van der Waals surface area contributed by atoms with E-state index in [9.17, 15) is 9.59 Å². The van der Waals surface area contributed by atoms with E-state index in [1.54, 1.807) is 11.9 Å². The van der Waals surface area contributed by atoms with Crippen molar-refractivity contribution < 1.29 is 14.7 Å². The summed E-state index contributed by atoms with van der Waals surface area (Å²) in [6.07, 6.45) is 1.31. The second kappa shape index (κ2) is 7.36. The van der Waals surface area contributed by atoms with Gasteiger partial charge in [0.25, 0.3) is 0 Å². The van der Waals surface area contributed by atoms with E-state index >= 15 is 0 Å². The number of carbonyl (C=O) groups excluding carboxylic acids is 1. The van der Waals surface area contributed by atoms with Crippen molar-refractivity contribution in [3.8, 4) is 0 Å². The van der Waals surface area contributed by atoms with Crippen LogP contribution in [0.5, 0.6) is 0 Å². The van der Waals surface area contributed by atoms with Crippen molar-refractivity contribution in [1.29, 1.82) is 0 Å². The number of hydrogen-bond acceptors (Lipinski definition) is 3. The Bertz CT molecular complexity index is 284. The average Bonchev–Trinajstić information content (AvgIpc) is 2.23. The van der Waals surface area contributed by atoms with Gasteiger partial charge in [-0.1, -0.05) is 20.8 Å². The van der Waals surface area contributed by atoms with E-state index in [0.717, 1.165) is 6.42 Å². The third-order valence-corrected chi connectivity index (χ3v) is 2.75. The summed E-state index contributed by atoms with van der Waals surface area (Å²) in [5.74, 6) is -1.00. The lowest BCUT2D eigenvalue weighted by Crippen LogP contribution is -2.39. The van der Waals surface area contributed by atoms with Gasteiger partial charge < -0.3 is 15.7 Å². The van der Waals surface area contributed by atoms with Crippen LogP contribution in [-0.2, 0) is 9.59 Å². The van der Waals surface area contributed by atoms with Gasteiger partial charge in [0, 0.05) is 26.6 Å². The fraction of sp³-hybridized carbons (Fsp3) is 0.846. The van der Waals surface area contributed by atoms with E-state index in [4.69, 9.17) is 10.8 Å². The first kappa shape index (κ1) is 16.9. The highest BCUT2D eigenvalue weighted by molar-refractivity contribution is 5.79. The van der Waals surface area contributed by atoms with E-state index in [2.05, 4.69) is 20.8 Å². The molecule has 0 saturated heterocycles. The highest BCUT2D eigenvalue weighted by atomic mass is 16.4. The van der Waals surface area contributed by atoms with E-state index in [-0.39, 0.29) is 23.7 Å². The van der Waals surface area contributed by atoms with Crippen LogP contribution >= 0.6 is 0 Å². The minimum atomic E-state index is -0.832. The number of hydrogen-bond donors (Lipinski definition) is 2. The number of nitrogens with zero attached hydrogens (tertiary/aromatic N) is 1. The SMILES string of the molecule is CN(CCCC(=O)O)C(=O)C(CN)CC(C)(C)C. The van der Waals surface area contributed by atoms with Crippen LogP contribution < -0.4 is 5.73 Å². The number of carboxylic acid groups (broad SMARTS) is 1. The molecular weight excluding hydrogens is 232 g/mol. The molecule has 0 aromatic rings. The molecule has 5 nitrogen and oxygen atoms in total. The molecule has 106 valence electrons. The maximum Gasteiger partial charge on any atom is 0.303 e. The summed E-state index contributed by atoms with van der Waals surface area (Å²) in [5, 5.41) is 8.55. The van der Waals surface area contributed by atoms with Gasteiger partial charge in [-0.3, -0.25) is 9.59 Å². The molecular formula is C13H26N2O3. The predicted octanol–water partition coefficient (Wildman–Crippen LogP) is 1.32. The first-order valence-corrected chi connectivity index (χ1v) is 6.34. The molecule has 0 aromatic carbocycles. The Kier molecular flexibility index (Phi) is 6.91. The maximum absolute atomic E-state index is 12.1. The molecule has 0 fully saturated rings. The maximum atomic E-state index is 12.1. The van der Waals surface area contributed by atoms with Gasteiger partial charge in [0.2, 0.25) is 5.91 Å². The zero-order valence-electron chi connectivity index (χ0n) is 11.9. The highest BCUT2D eigenvalue weighted by Crippen LogP contribution is 2.24. The Balaban J connectivity index is 4.27. The molecule has 0 radical (unpaired) electrons. The topological polar surface area (TPSA) is 83.6 Å². The molecule has 0 saturated carbocycles. The zero-order valence-corrected chi connectivity index (χ0v) is 11.9. The van der Waals surface area contributed by atoms with Gasteiger partial charge in [0.15, 0.2) is 0 Å². The Morgan fingerprint density at radius 1 is 1.33 bits per heavy atom. The third-order valence-electron chi connectivity index (χ3n) is 2.75. The average molecular weight is 258 g/mol. The van der Waals surface area contributed by atoms with Crippen LogP contribution in [0.3, 0.4) is 0 Å². The van der Waals surface area contributed by atoms with E-state index in [1.165, 1.54) is 0 Å². The Morgan fingerprint density at radius 3 is 2.28 bits per heavy atom. The van der Waals surface area contributed by atoms with Crippen LogP contribution in [0.2, 0.25) is 0 Å². The van der Waals surface area contributed by atoms with Crippen molar-refractivity contribution in [1.82, 2.24) is 4.90 Å². The summed E-state index contributed by atoms with van der Waals surface area (Å²) in [6.45, 7) is 7.03. The van der Waals surface area contributed by atoms with Crippen LogP contribution in [0.15, 0.2) is 0 Å². The Morgan fingerprint density at radius 2 is 1.89 bits per heavy atom. The second-order valence-electron chi connectivity index (χ2n) is 5.95. The number of carboxylic acids is 1.